The van der Waals surface area contributed by atoms with Crippen LogP contribution in [0.5, 0.6) is 0 Å². The predicted molar refractivity (Wildman–Crippen MR) is 82.1 cm³/mol. The van der Waals surface area contributed by atoms with Gasteiger partial charge in [0.25, 0.3) is 0 Å². The van der Waals surface area contributed by atoms with E-state index in [2.05, 4.69) is 4.72 Å². The van der Waals surface area contributed by atoms with Crippen LogP contribution in [-0.4, -0.2) is 8.42 Å². The lowest BCUT2D eigenvalue weighted by molar-refractivity contribution is 0.566. The quantitative estimate of drug-likeness (QED) is 0.891. The van der Waals surface area contributed by atoms with Gasteiger partial charge in [-0.1, -0.05) is 24.3 Å². The molecule has 6 heteroatoms. The number of thiophene rings is 1. The van der Waals surface area contributed by atoms with Crippen LogP contribution in [0.25, 0.3) is 0 Å². The van der Waals surface area contributed by atoms with E-state index in [1.54, 1.807) is 11.4 Å². The standard InChI is InChI=1S/C14H18N2O2S2/c1-10-5-3-4-6-12(10)11(2)16-20(17,18)14-7-8-19-13(14)9-15/h3-8,11,16H,9,15H2,1-2H3. The van der Waals surface area contributed by atoms with E-state index in [1.165, 1.54) is 11.3 Å². The Morgan fingerprint density at radius 1 is 1.30 bits per heavy atom. The molecule has 2 rings (SSSR count). The van der Waals surface area contributed by atoms with Crippen LogP contribution in [0.3, 0.4) is 0 Å². The van der Waals surface area contributed by atoms with Crippen LogP contribution in [-0.2, 0) is 16.6 Å². The summed E-state index contributed by atoms with van der Waals surface area (Å²) >= 11 is 1.36. The zero-order valence-electron chi connectivity index (χ0n) is 11.5. The second-order valence-electron chi connectivity index (χ2n) is 4.61. The van der Waals surface area contributed by atoms with E-state index in [-0.39, 0.29) is 17.5 Å². The second kappa shape index (κ2) is 6.05. The number of aryl methyl sites for hydroxylation is 1. The Hall–Kier alpha value is -1.21. The minimum Gasteiger partial charge on any atom is -0.326 e. The molecule has 0 amide bonds. The average molecular weight is 310 g/mol. The Bertz CT molecular complexity index is 693. The largest absolute Gasteiger partial charge is 0.326 e. The highest BCUT2D eigenvalue weighted by Gasteiger charge is 2.22. The fourth-order valence-corrected chi connectivity index (χ4v) is 4.71. The third-order valence-corrected chi connectivity index (χ3v) is 5.86. The first kappa shape index (κ1) is 15.2. The van der Waals surface area contributed by atoms with Crippen LogP contribution in [0.2, 0.25) is 0 Å². The van der Waals surface area contributed by atoms with Crippen molar-refractivity contribution in [3.63, 3.8) is 0 Å². The van der Waals surface area contributed by atoms with Crippen LogP contribution in [0.15, 0.2) is 40.6 Å². The highest BCUT2D eigenvalue weighted by molar-refractivity contribution is 7.89. The van der Waals surface area contributed by atoms with Crippen LogP contribution in [0.4, 0.5) is 0 Å². The third-order valence-electron chi connectivity index (χ3n) is 3.17. The highest BCUT2D eigenvalue weighted by Crippen LogP contribution is 2.24. The summed E-state index contributed by atoms with van der Waals surface area (Å²) in [6.07, 6.45) is 0. The van der Waals surface area contributed by atoms with Crippen LogP contribution in [0.1, 0.15) is 29.0 Å². The number of rotatable bonds is 5. The van der Waals surface area contributed by atoms with Gasteiger partial charge in [-0.3, -0.25) is 0 Å². The molecule has 1 unspecified atom stereocenters. The van der Waals surface area contributed by atoms with Gasteiger partial charge in [-0.2, -0.15) is 0 Å². The molecule has 20 heavy (non-hydrogen) atoms. The summed E-state index contributed by atoms with van der Waals surface area (Å²) < 4.78 is 27.5. The molecule has 1 aromatic heterocycles. The van der Waals surface area contributed by atoms with Gasteiger partial charge in [0, 0.05) is 17.5 Å². The van der Waals surface area contributed by atoms with Crippen molar-refractivity contribution in [3.05, 3.63) is 51.7 Å². The molecule has 108 valence electrons. The number of sulfonamides is 1. The number of hydrogen-bond acceptors (Lipinski definition) is 4. The molecule has 1 heterocycles. The van der Waals surface area contributed by atoms with Gasteiger partial charge >= 0.3 is 0 Å². The topological polar surface area (TPSA) is 72.2 Å². The maximum absolute atomic E-state index is 12.4. The highest BCUT2D eigenvalue weighted by atomic mass is 32.2. The molecule has 1 aromatic carbocycles. The first-order valence-corrected chi connectivity index (χ1v) is 8.66. The third kappa shape index (κ3) is 3.09. The molecule has 0 spiro atoms. The lowest BCUT2D eigenvalue weighted by Gasteiger charge is -2.16. The Labute approximate surface area is 123 Å². The van der Waals surface area contributed by atoms with Gasteiger partial charge in [-0.25, -0.2) is 13.1 Å². The Kier molecular flexibility index (Phi) is 4.59. The summed E-state index contributed by atoms with van der Waals surface area (Å²) in [6.45, 7) is 4.04. The summed E-state index contributed by atoms with van der Waals surface area (Å²) in [5, 5.41) is 1.75. The summed E-state index contributed by atoms with van der Waals surface area (Å²) in [5.41, 5.74) is 7.61. The summed E-state index contributed by atoms with van der Waals surface area (Å²) in [6, 6.07) is 9.05. The van der Waals surface area contributed by atoms with Crippen molar-refractivity contribution in [2.75, 3.05) is 0 Å². The normalized spacial score (nSPS) is 13.3. The number of benzene rings is 1. The molecule has 0 aliphatic heterocycles. The number of hydrogen-bond donors (Lipinski definition) is 2. The zero-order chi connectivity index (χ0) is 14.8. The molecule has 0 saturated heterocycles. The minimum atomic E-state index is -3.54. The molecule has 3 N–H and O–H groups in total. The van der Waals surface area contributed by atoms with Gasteiger partial charge in [0.2, 0.25) is 10.0 Å². The molecule has 0 saturated carbocycles. The molecule has 0 aliphatic carbocycles. The van der Waals surface area contributed by atoms with E-state index >= 15 is 0 Å². The van der Waals surface area contributed by atoms with Gasteiger partial charge in [-0.15, -0.1) is 11.3 Å². The van der Waals surface area contributed by atoms with Gasteiger partial charge in [-0.05, 0) is 36.4 Å². The fraction of sp³-hybridized carbons (Fsp3) is 0.286. The van der Waals surface area contributed by atoms with Gasteiger partial charge in [0.1, 0.15) is 0 Å². The van der Waals surface area contributed by atoms with E-state index in [0.29, 0.717) is 4.88 Å². The number of nitrogens with one attached hydrogen (secondary N) is 1. The molecule has 0 fully saturated rings. The first-order chi connectivity index (χ1) is 9.45. The molecule has 4 nitrogen and oxygen atoms in total. The zero-order valence-corrected chi connectivity index (χ0v) is 13.1. The second-order valence-corrected chi connectivity index (χ2v) is 7.29. The van der Waals surface area contributed by atoms with Crippen molar-refractivity contribution in [2.24, 2.45) is 5.73 Å². The van der Waals surface area contributed by atoms with Crippen molar-refractivity contribution in [1.29, 1.82) is 0 Å². The lowest BCUT2D eigenvalue weighted by Crippen LogP contribution is -2.27. The van der Waals surface area contributed by atoms with Crippen molar-refractivity contribution in [2.45, 2.75) is 31.3 Å². The Morgan fingerprint density at radius 2 is 2.00 bits per heavy atom. The Morgan fingerprint density at radius 3 is 2.65 bits per heavy atom. The molecule has 0 bridgehead atoms. The smallest absolute Gasteiger partial charge is 0.242 e. The van der Waals surface area contributed by atoms with Crippen LogP contribution in [0, 0.1) is 6.92 Å². The van der Waals surface area contributed by atoms with Gasteiger partial charge < -0.3 is 5.73 Å². The van der Waals surface area contributed by atoms with E-state index < -0.39 is 10.0 Å². The summed E-state index contributed by atoms with van der Waals surface area (Å²) in [4.78, 5) is 0.958. The SMILES string of the molecule is Cc1ccccc1C(C)NS(=O)(=O)c1ccsc1CN. The van der Waals surface area contributed by atoms with E-state index in [4.69, 9.17) is 5.73 Å². The lowest BCUT2D eigenvalue weighted by atomic mass is 10.0. The molecule has 0 aliphatic rings. The molecular formula is C14H18N2O2S2. The monoisotopic (exact) mass is 310 g/mol. The van der Waals surface area contributed by atoms with Gasteiger partial charge in [0.15, 0.2) is 0 Å². The van der Waals surface area contributed by atoms with Crippen molar-refractivity contribution in [1.82, 2.24) is 4.72 Å². The van der Waals surface area contributed by atoms with Crippen LogP contribution < -0.4 is 10.5 Å². The molecular weight excluding hydrogens is 292 g/mol. The van der Waals surface area contributed by atoms with Crippen molar-refractivity contribution in [3.8, 4) is 0 Å². The average Bonchev–Trinajstić information content (AvgIpc) is 2.87. The maximum atomic E-state index is 12.4. The molecule has 2 aromatic rings. The Balaban J connectivity index is 2.27. The fourth-order valence-electron chi connectivity index (χ4n) is 2.15. The van der Waals surface area contributed by atoms with E-state index in [9.17, 15) is 8.42 Å². The molecule has 1 atom stereocenters. The summed E-state index contributed by atoms with van der Waals surface area (Å²) in [7, 11) is -3.54. The van der Waals surface area contributed by atoms with E-state index in [1.807, 2.05) is 38.1 Å². The first-order valence-electron chi connectivity index (χ1n) is 6.30. The van der Waals surface area contributed by atoms with Crippen molar-refractivity contribution < 1.29 is 8.42 Å². The predicted octanol–water partition coefficient (Wildman–Crippen LogP) is 2.55. The van der Waals surface area contributed by atoms with Crippen molar-refractivity contribution >= 4 is 21.4 Å². The van der Waals surface area contributed by atoms with E-state index in [0.717, 1.165) is 11.1 Å². The minimum absolute atomic E-state index is 0.229. The molecule has 0 radical (unpaired) electrons. The summed E-state index contributed by atoms with van der Waals surface area (Å²) in [5.74, 6) is 0. The number of nitrogens with two attached hydrogens (primary N) is 1. The van der Waals surface area contributed by atoms with Gasteiger partial charge in [0.05, 0.1) is 4.90 Å². The maximum Gasteiger partial charge on any atom is 0.242 e. The van der Waals surface area contributed by atoms with Crippen LogP contribution >= 0.6 is 11.3 Å².